The minimum Gasteiger partial charge on any atom is -0.359 e. The van der Waals surface area contributed by atoms with Gasteiger partial charge in [0.15, 0.2) is 11.5 Å². The SMILES string of the molecule is CCc1cc(-c2cc(C(C)NC(=O)c3cc(C(F)(F)F)nn3C)on2)ccn1.Cl. The van der Waals surface area contributed by atoms with Gasteiger partial charge in [-0.1, -0.05) is 12.1 Å². The maximum atomic E-state index is 12.8. The number of nitrogens with one attached hydrogen (secondary N) is 1. The van der Waals surface area contributed by atoms with Gasteiger partial charge in [0, 0.05) is 36.6 Å². The van der Waals surface area contributed by atoms with E-state index in [0.717, 1.165) is 22.4 Å². The normalized spacial score (nSPS) is 12.3. The molecule has 1 unspecified atom stereocenters. The summed E-state index contributed by atoms with van der Waals surface area (Å²) >= 11 is 0. The lowest BCUT2D eigenvalue weighted by Gasteiger charge is -2.10. The molecule has 156 valence electrons. The van der Waals surface area contributed by atoms with Gasteiger partial charge in [-0.25, -0.2) is 0 Å². The average Bonchev–Trinajstić information content (AvgIpc) is 3.28. The number of alkyl halides is 3. The van der Waals surface area contributed by atoms with Gasteiger partial charge in [0.2, 0.25) is 0 Å². The first-order valence-corrected chi connectivity index (χ1v) is 8.53. The molecule has 0 aliphatic carbocycles. The van der Waals surface area contributed by atoms with E-state index in [1.54, 1.807) is 25.3 Å². The Bertz CT molecular complexity index is 1000. The van der Waals surface area contributed by atoms with Crippen molar-refractivity contribution in [2.24, 2.45) is 7.05 Å². The molecule has 3 aromatic rings. The fourth-order valence-electron chi connectivity index (χ4n) is 2.62. The van der Waals surface area contributed by atoms with Gasteiger partial charge in [-0.15, -0.1) is 12.4 Å². The third-order valence-electron chi connectivity index (χ3n) is 4.18. The Morgan fingerprint density at radius 2 is 2.03 bits per heavy atom. The molecule has 0 saturated heterocycles. The Morgan fingerprint density at radius 1 is 1.31 bits per heavy atom. The maximum absolute atomic E-state index is 12.8. The van der Waals surface area contributed by atoms with Crippen molar-refractivity contribution in [2.45, 2.75) is 32.5 Å². The van der Waals surface area contributed by atoms with Gasteiger partial charge >= 0.3 is 6.18 Å². The second-order valence-electron chi connectivity index (χ2n) is 6.24. The van der Waals surface area contributed by atoms with Crippen LogP contribution in [0.3, 0.4) is 0 Å². The zero-order valence-corrected chi connectivity index (χ0v) is 16.6. The van der Waals surface area contributed by atoms with Crippen molar-refractivity contribution in [1.29, 1.82) is 0 Å². The topological polar surface area (TPSA) is 85.8 Å². The lowest BCUT2D eigenvalue weighted by molar-refractivity contribution is -0.141. The van der Waals surface area contributed by atoms with Crippen molar-refractivity contribution in [1.82, 2.24) is 25.2 Å². The van der Waals surface area contributed by atoms with Gasteiger partial charge in [0.1, 0.15) is 11.4 Å². The standard InChI is InChI=1S/C18H18F3N5O2.ClH/c1-4-12-7-11(5-6-22-12)13-8-15(28-25-13)10(2)23-17(27)14-9-16(18(19,20)21)24-26(14)3;/h5-10H,4H2,1-3H3,(H,23,27);1H. The minimum absolute atomic E-state index is 0. The number of amides is 1. The van der Waals surface area contributed by atoms with Crippen LogP contribution in [-0.2, 0) is 19.6 Å². The number of aryl methyl sites for hydroxylation is 2. The molecular formula is C18H19ClF3N5O2. The number of halogens is 4. The molecule has 1 amide bonds. The fraction of sp³-hybridized carbons (Fsp3) is 0.333. The van der Waals surface area contributed by atoms with Crippen molar-refractivity contribution in [2.75, 3.05) is 0 Å². The van der Waals surface area contributed by atoms with Crippen LogP contribution >= 0.6 is 12.4 Å². The summed E-state index contributed by atoms with van der Waals surface area (Å²) in [6.45, 7) is 3.63. The maximum Gasteiger partial charge on any atom is 0.435 e. The van der Waals surface area contributed by atoms with Gasteiger partial charge in [-0.2, -0.15) is 18.3 Å². The van der Waals surface area contributed by atoms with Crippen LogP contribution in [0, 0.1) is 0 Å². The monoisotopic (exact) mass is 429 g/mol. The highest BCUT2D eigenvalue weighted by Crippen LogP contribution is 2.28. The molecule has 0 aliphatic rings. The minimum atomic E-state index is -4.62. The van der Waals surface area contributed by atoms with Crippen molar-refractivity contribution in [3.8, 4) is 11.3 Å². The first-order chi connectivity index (χ1) is 13.2. The summed E-state index contributed by atoms with van der Waals surface area (Å²) in [4.78, 5) is 16.6. The molecule has 0 radical (unpaired) electrons. The molecule has 29 heavy (non-hydrogen) atoms. The molecule has 0 spiro atoms. The number of hydrogen-bond acceptors (Lipinski definition) is 5. The number of carbonyl (C=O) groups is 1. The van der Waals surface area contributed by atoms with Crippen molar-refractivity contribution in [3.05, 3.63) is 53.3 Å². The lowest BCUT2D eigenvalue weighted by atomic mass is 10.1. The summed E-state index contributed by atoms with van der Waals surface area (Å²) in [7, 11) is 1.27. The largest absolute Gasteiger partial charge is 0.435 e. The summed E-state index contributed by atoms with van der Waals surface area (Å²) in [5.41, 5.74) is 0.967. The molecular weight excluding hydrogens is 411 g/mol. The predicted molar refractivity (Wildman–Crippen MR) is 100 cm³/mol. The Balaban J connectivity index is 0.00000300. The van der Waals surface area contributed by atoms with E-state index in [0.29, 0.717) is 17.5 Å². The van der Waals surface area contributed by atoms with Crippen molar-refractivity contribution < 1.29 is 22.5 Å². The van der Waals surface area contributed by atoms with Crippen LogP contribution in [0.4, 0.5) is 13.2 Å². The Kier molecular flexibility index (Phi) is 6.68. The van der Waals surface area contributed by atoms with E-state index in [-0.39, 0.29) is 18.1 Å². The first kappa shape index (κ1) is 22.4. The van der Waals surface area contributed by atoms with Crippen molar-refractivity contribution >= 4 is 18.3 Å². The summed E-state index contributed by atoms with van der Waals surface area (Å²) < 4.78 is 44.4. The van der Waals surface area contributed by atoms with Gasteiger partial charge in [-0.05, 0) is 25.5 Å². The molecule has 3 rings (SSSR count). The Hall–Kier alpha value is -2.88. The molecule has 7 nitrogen and oxygen atoms in total. The number of rotatable bonds is 5. The number of pyridine rings is 1. The van der Waals surface area contributed by atoms with E-state index in [9.17, 15) is 18.0 Å². The van der Waals surface area contributed by atoms with Gasteiger partial charge in [0.05, 0.1) is 6.04 Å². The number of aromatic nitrogens is 4. The molecule has 0 saturated carbocycles. The van der Waals surface area contributed by atoms with Crippen molar-refractivity contribution in [3.63, 3.8) is 0 Å². The summed E-state index contributed by atoms with van der Waals surface area (Å²) in [6.07, 6.45) is -2.17. The molecule has 3 heterocycles. The van der Waals surface area contributed by atoms with Crippen LogP contribution in [0.25, 0.3) is 11.3 Å². The summed E-state index contributed by atoms with van der Waals surface area (Å²) in [5.74, 6) is -0.329. The molecule has 0 bridgehead atoms. The van der Waals surface area contributed by atoms with Crippen LogP contribution in [0.1, 0.15) is 47.5 Å². The predicted octanol–water partition coefficient (Wildman–Crippen LogP) is 3.96. The third-order valence-corrected chi connectivity index (χ3v) is 4.18. The van der Waals surface area contributed by atoms with Crippen LogP contribution < -0.4 is 5.32 Å². The molecule has 1 N–H and O–H groups in total. The van der Waals surface area contributed by atoms with Gasteiger partial charge in [-0.3, -0.25) is 14.5 Å². The lowest BCUT2D eigenvalue weighted by Crippen LogP contribution is -2.28. The van der Waals surface area contributed by atoms with E-state index in [1.165, 1.54) is 7.05 Å². The Labute approximate surface area is 170 Å². The molecule has 3 aromatic heterocycles. The number of nitrogens with zero attached hydrogens (tertiary/aromatic N) is 4. The fourth-order valence-corrected chi connectivity index (χ4v) is 2.62. The second-order valence-corrected chi connectivity index (χ2v) is 6.24. The van der Waals surface area contributed by atoms with E-state index in [4.69, 9.17) is 4.52 Å². The summed E-state index contributed by atoms with van der Waals surface area (Å²) in [6, 6.07) is 5.45. The molecule has 0 aliphatic heterocycles. The summed E-state index contributed by atoms with van der Waals surface area (Å²) in [5, 5.41) is 9.92. The smallest absolute Gasteiger partial charge is 0.359 e. The highest BCUT2D eigenvalue weighted by Gasteiger charge is 2.35. The molecule has 0 fully saturated rings. The molecule has 1 atom stereocenters. The second kappa shape index (κ2) is 8.64. The number of hydrogen-bond donors (Lipinski definition) is 1. The first-order valence-electron chi connectivity index (χ1n) is 8.53. The molecule has 0 aromatic carbocycles. The molecule has 11 heteroatoms. The quantitative estimate of drug-likeness (QED) is 0.663. The van der Waals surface area contributed by atoms with Gasteiger partial charge < -0.3 is 9.84 Å². The highest BCUT2D eigenvalue weighted by atomic mass is 35.5. The Morgan fingerprint density at radius 3 is 2.66 bits per heavy atom. The van der Waals surface area contributed by atoms with E-state index in [2.05, 4.69) is 20.6 Å². The highest BCUT2D eigenvalue weighted by molar-refractivity contribution is 5.92. The average molecular weight is 430 g/mol. The van der Waals surface area contributed by atoms with Crippen LogP contribution in [0.15, 0.2) is 35.0 Å². The zero-order valence-electron chi connectivity index (χ0n) is 15.8. The van der Waals surface area contributed by atoms with E-state index < -0.39 is 23.8 Å². The van der Waals surface area contributed by atoms with E-state index in [1.807, 2.05) is 13.0 Å². The van der Waals surface area contributed by atoms with Crippen LogP contribution in [0.2, 0.25) is 0 Å². The van der Waals surface area contributed by atoms with Crippen LogP contribution in [0.5, 0.6) is 0 Å². The zero-order chi connectivity index (χ0) is 20.5. The van der Waals surface area contributed by atoms with Crippen LogP contribution in [-0.4, -0.2) is 25.8 Å². The number of carbonyl (C=O) groups excluding carboxylic acids is 1. The van der Waals surface area contributed by atoms with E-state index >= 15 is 0 Å². The van der Waals surface area contributed by atoms with Gasteiger partial charge in [0.25, 0.3) is 5.91 Å². The third kappa shape index (κ3) is 4.94.